The summed E-state index contributed by atoms with van der Waals surface area (Å²) in [6.45, 7) is 1.95. The van der Waals surface area contributed by atoms with Crippen LogP contribution >= 0.6 is 0 Å². The zero-order valence-electron chi connectivity index (χ0n) is 16.8. The van der Waals surface area contributed by atoms with Gasteiger partial charge in [0.25, 0.3) is 0 Å². The molecular weight excluding hydrogens is 388 g/mol. The summed E-state index contributed by atoms with van der Waals surface area (Å²) in [7, 11) is 2.52. The number of carbonyl (C=O) groups is 2. The molecule has 0 amide bonds. The largest absolute Gasteiger partial charge is 0.466 e. The van der Waals surface area contributed by atoms with E-state index in [0.717, 1.165) is 16.6 Å². The van der Waals surface area contributed by atoms with Gasteiger partial charge in [-0.3, -0.25) is 0 Å². The lowest BCUT2D eigenvalue weighted by atomic mass is 10.1. The zero-order chi connectivity index (χ0) is 21.3. The lowest BCUT2D eigenvalue weighted by Crippen LogP contribution is -2.39. The van der Waals surface area contributed by atoms with Crippen molar-refractivity contribution < 1.29 is 28.2 Å². The van der Waals surface area contributed by atoms with Crippen molar-refractivity contribution in [3.05, 3.63) is 59.3 Å². The lowest BCUT2D eigenvalue weighted by Gasteiger charge is -2.32. The van der Waals surface area contributed by atoms with E-state index in [2.05, 4.69) is 4.98 Å². The number of nitrogens with zero attached hydrogens (tertiary/aromatic N) is 2. The van der Waals surface area contributed by atoms with Gasteiger partial charge >= 0.3 is 11.9 Å². The third-order valence-electron chi connectivity index (χ3n) is 4.86. The fourth-order valence-corrected chi connectivity index (χ4v) is 3.42. The summed E-state index contributed by atoms with van der Waals surface area (Å²) in [5.74, 6) is -0.776. The fraction of sp³-hybridized carbons (Fsp3) is 0.227. The minimum Gasteiger partial charge on any atom is -0.466 e. The molecule has 1 aromatic heterocycles. The molecule has 0 fully saturated rings. The molecule has 0 saturated heterocycles. The number of rotatable bonds is 4. The van der Waals surface area contributed by atoms with Gasteiger partial charge in [0, 0.05) is 11.3 Å². The highest BCUT2D eigenvalue weighted by Crippen LogP contribution is 2.33. The molecule has 1 aliphatic rings. The molecule has 0 unspecified atom stereocenters. The van der Waals surface area contributed by atoms with Gasteiger partial charge in [-0.05, 0) is 42.8 Å². The highest BCUT2D eigenvalue weighted by atomic mass is 16.5. The Hall–Kier alpha value is -3.65. The molecule has 2 heterocycles. The summed E-state index contributed by atoms with van der Waals surface area (Å²) in [6.07, 6.45) is 0. The van der Waals surface area contributed by atoms with Gasteiger partial charge in [0.05, 0.1) is 26.4 Å². The minimum absolute atomic E-state index is 0.0341. The molecule has 0 aliphatic carbocycles. The van der Waals surface area contributed by atoms with Crippen LogP contribution in [0.2, 0.25) is 0 Å². The number of fused-ring (bicyclic) bond motifs is 1. The van der Waals surface area contributed by atoms with Gasteiger partial charge in [0.15, 0.2) is 5.58 Å². The Morgan fingerprint density at radius 2 is 1.83 bits per heavy atom. The standard InChI is InChI=1S/C22H20N2O6/c1-13-10-14(20-23-16-6-4-5-7-18(16)30-20)8-9-17(13)24-12-29-11-15(21(25)27-2)19(24)22(26)28-3/h4-10H,11-12H2,1-3H3. The van der Waals surface area contributed by atoms with Crippen LogP contribution in [-0.4, -0.2) is 44.5 Å². The van der Waals surface area contributed by atoms with Crippen molar-refractivity contribution >= 4 is 28.7 Å². The monoisotopic (exact) mass is 408 g/mol. The van der Waals surface area contributed by atoms with E-state index in [-0.39, 0.29) is 24.6 Å². The van der Waals surface area contributed by atoms with Crippen LogP contribution in [0, 0.1) is 6.92 Å². The second kappa shape index (κ2) is 8.00. The molecule has 0 N–H and O–H groups in total. The second-order valence-electron chi connectivity index (χ2n) is 6.70. The summed E-state index contributed by atoms with van der Waals surface area (Å²) in [5.41, 5.74) is 4.02. The number of para-hydroxylation sites is 2. The van der Waals surface area contributed by atoms with E-state index in [0.29, 0.717) is 17.2 Å². The Labute approximate surface area is 172 Å². The van der Waals surface area contributed by atoms with E-state index in [1.165, 1.54) is 14.2 Å². The Bertz CT molecular complexity index is 1130. The van der Waals surface area contributed by atoms with E-state index in [1.807, 2.05) is 49.4 Å². The predicted octanol–water partition coefficient (Wildman–Crippen LogP) is 3.20. The first-order valence-electron chi connectivity index (χ1n) is 9.25. The molecule has 0 saturated carbocycles. The summed E-state index contributed by atoms with van der Waals surface area (Å²) in [5, 5.41) is 0. The molecule has 0 bridgehead atoms. The van der Waals surface area contributed by atoms with Crippen molar-refractivity contribution in [1.29, 1.82) is 0 Å². The van der Waals surface area contributed by atoms with E-state index < -0.39 is 11.9 Å². The van der Waals surface area contributed by atoms with E-state index in [9.17, 15) is 9.59 Å². The van der Waals surface area contributed by atoms with E-state index in [4.69, 9.17) is 18.6 Å². The number of hydrogen-bond acceptors (Lipinski definition) is 8. The van der Waals surface area contributed by atoms with Crippen molar-refractivity contribution in [3.63, 3.8) is 0 Å². The van der Waals surface area contributed by atoms with Gasteiger partial charge in [0.1, 0.15) is 17.9 Å². The van der Waals surface area contributed by atoms with Crippen LogP contribution < -0.4 is 4.90 Å². The Morgan fingerprint density at radius 1 is 1.07 bits per heavy atom. The van der Waals surface area contributed by atoms with Crippen LogP contribution in [0.3, 0.4) is 0 Å². The average molecular weight is 408 g/mol. The molecule has 0 radical (unpaired) electrons. The molecule has 0 atom stereocenters. The number of esters is 2. The predicted molar refractivity (Wildman–Crippen MR) is 109 cm³/mol. The maximum atomic E-state index is 12.5. The fourth-order valence-electron chi connectivity index (χ4n) is 3.42. The summed E-state index contributed by atoms with van der Waals surface area (Å²) < 4.78 is 21.1. The number of ether oxygens (including phenoxy) is 3. The summed E-state index contributed by atoms with van der Waals surface area (Å²) in [4.78, 5) is 30.8. The summed E-state index contributed by atoms with van der Waals surface area (Å²) >= 11 is 0. The molecule has 30 heavy (non-hydrogen) atoms. The third kappa shape index (κ3) is 3.42. The highest BCUT2D eigenvalue weighted by Gasteiger charge is 2.33. The van der Waals surface area contributed by atoms with E-state index in [1.54, 1.807) is 4.90 Å². The van der Waals surface area contributed by atoms with Gasteiger partial charge in [0.2, 0.25) is 5.89 Å². The maximum Gasteiger partial charge on any atom is 0.355 e. The quantitative estimate of drug-likeness (QED) is 0.608. The van der Waals surface area contributed by atoms with Gasteiger partial charge in [-0.15, -0.1) is 0 Å². The van der Waals surface area contributed by atoms with Crippen LogP contribution in [0.1, 0.15) is 5.56 Å². The lowest BCUT2D eigenvalue weighted by molar-refractivity contribution is -0.140. The number of carbonyl (C=O) groups excluding carboxylic acids is 2. The first-order valence-corrected chi connectivity index (χ1v) is 9.25. The van der Waals surface area contributed by atoms with Gasteiger partial charge in [-0.1, -0.05) is 12.1 Å². The van der Waals surface area contributed by atoms with Crippen LogP contribution in [0.4, 0.5) is 5.69 Å². The van der Waals surface area contributed by atoms with Crippen molar-refractivity contribution in [2.24, 2.45) is 0 Å². The number of methoxy groups -OCH3 is 2. The van der Waals surface area contributed by atoms with Crippen molar-refractivity contribution in [3.8, 4) is 11.5 Å². The number of aryl methyl sites for hydroxylation is 1. The topological polar surface area (TPSA) is 91.1 Å². The molecule has 3 aromatic rings. The SMILES string of the molecule is COC(=O)C1=C(C(=O)OC)N(c2ccc(-c3nc4ccccc4o3)cc2C)COC1. The molecular formula is C22H20N2O6. The molecule has 0 spiro atoms. The van der Waals surface area contributed by atoms with Crippen molar-refractivity contribution in [1.82, 2.24) is 4.98 Å². The molecule has 1 aliphatic heterocycles. The second-order valence-corrected chi connectivity index (χ2v) is 6.70. The first kappa shape index (κ1) is 19.7. The zero-order valence-corrected chi connectivity index (χ0v) is 16.8. The normalized spacial score (nSPS) is 14.2. The number of benzene rings is 2. The number of anilines is 1. The highest BCUT2D eigenvalue weighted by molar-refractivity contribution is 6.03. The van der Waals surface area contributed by atoms with Crippen molar-refractivity contribution in [2.45, 2.75) is 6.92 Å². The molecule has 8 heteroatoms. The maximum absolute atomic E-state index is 12.5. The number of oxazole rings is 1. The smallest absolute Gasteiger partial charge is 0.355 e. The van der Waals surface area contributed by atoms with Crippen LogP contribution in [0.25, 0.3) is 22.6 Å². The number of aromatic nitrogens is 1. The van der Waals surface area contributed by atoms with Crippen LogP contribution in [0.15, 0.2) is 58.2 Å². The third-order valence-corrected chi connectivity index (χ3v) is 4.86. The Balaban J connectivity index is 1.76. The Morgan fingerprint density at radius 3 is 2.53 bits per heavy atom. The van der Waals surface area contributed by atoms with Crippen LogP contribution in [0.5, 0.6) is 0 Å². The van der Waals surface area contributed by atoms with Gasteiger partial charge in [-0.25, -0.2) is 14.6 Å². The van der Waals surface area contributed by atoms with Crippen LogP contribution in [-0.2, 0) is 23.8 Å². The first-order chi connectivity index (χ1) is 14.5. The number of hydrogen-bond donors (Lipinski definition) is 0. The molecule has 2 aromatic carbocycles. The van der Waals surface area contributed by atoms with E-state index >= 15 is 0 Å². The Kier molecular flexibility index (Phi) is 5.24. The van der Waals surface area contributed by atoms with Crippen molar-refractivity contribution in [2.75, 3.05) is 32.5 Å². The molecule has 4 rings (SSSR count). The van der Waals surface area contributed by atoms with Gasteiger partial charge < -0.3 is 23.5 Å². The summed E-state index contributed by atoms with van der Waals surface area (Å²) in [6, 6.07) is 13.1. The molecule has 8 nitrogen and oxygen atoms in total. The van der Waals surface area contributed by atoms with Gasteiger partial charge in [-0.2, -0.15) is 0 Å². The molecule has 154 valence electrons. The average Bonchev–Trinajstić information content (AvgIpc) is 3.22. The minimum atomic E-state index is -0.638.